The van der Waals surface area contributed by atoms with Crippen molar-refractivity contribution in [1.82, 2.24) is 5.32 Å². The third kappa shape index (κ3) is 3.46. The third-order valence-electron chi connectivity index (χ3n) is 5.83. The summed E-state index contributed by atoms with van der Waals surface area (Å²) in [5.41, 5.74) is 4.09. The van der Waals surface area contributed by atoms with E-state index in [0.717, 1.165) is 68.0 Å². The van der Waals surface area contributed by atoms with Gasteiger partial charge in [0.2, 0.25) is 0 Å². The van der Waals surface area contributed by atoms with Crippen molar-refractivity contribution >= 4 is 27.9 Å². The van der Waals surface area contributed by atoms with Crippen molar-refractivity contribution in [2.24, 2.45) is 5.92 Å². The predicted octanol–water partition coefficient (Wildman–Crippen LogP) is 5.17. The number of aromatic carboxylic acids is 1. The molecule has 4 heteroatoms. The highest BCUT2D eigenvalue weighted by Gasteiger charge is 2.23. The van der Waals surface area contributed by atoms with E-state index in [1.54, 1.807) is 0 Å². The Morgan fingerprint density at radius 3 is 2.78 bits per heavy atom. The second-order valence-electron chi connectivity index (χ2n) is 7.67. The van der Waals surface area contributed by atoms with Gasteiger partial charge in [-0.3, -0.25) is 0 Å². The molecule has 27 heavy (non-hydrogen) atoms. The molecule has 0 bridgehead atoms. The molecule has 0 saturated carbocycles. The van der Waals surface area contributed by atoms with Crippen molar-refractivity contribution in [3.8, 4) is 0 Å². The first-order valence-corrected chi connectivity index (χ1v) is 10.1. The maximum Gasteiger partial charge on any atom is 0.339 e. The average molecular weight is 365 g/mol. The SMILES string of the molecule is CCCCc1c(CC2CCNCC2)cc(C(=O)O)c2oc3ccccc3c12. The number of para-hydroxylation sites is 1. The Kier molecular flexibility index (Phi) is 5.17. The molecule has 0 unspecified atom stereocenters. The van der Waals surface area contributed by atoms with Crippen LogP contribution in [-0.2, 0) is 12.8 Å². The number of carboxylic acid groups (broad SMARTS) is 1. The first-order valence-electron chi connectivity index (χ1n) is 10.1. The van der Waals surface area contributed by atoms with Crippen LogP contribution in [-0.4, -0.2) is 24.2 Å². The van der Waals surface area contributed by atoms with E-state index >= 15 is 0 Å². The van der Waals surface area contributed by atoms with E-state index in [0.29, 0.717) is 17.1 Å². The number of fused-ring (bicyclic) bond motifs is 3. The maximum absolute atomic E-state index is 12.0. The minimum Gasteiger partial charge on any atom is -0.478 e. The van der Waals surface area contributed by atoms with Gasteiger partial charge in [0.25, 0.3) is 0 Å². The van der Waals surface area contributed by atoms with E-state index in [-0.39, 0.29) is 0 Å². The van der Waals surface area contributed by atoms with Crippen LogP contribution >= 0.6 is 0 Å². The lowest BCUT2D eigenvalue weighted by molar-refractivity contribution is 0.0698. The lowest BCUT2D eigenvalue weighted by atomic mass is 9.85. The first kappa shape index (κ1) is 18.1. The summed E-state index contributed by atoms with van der Waals surface area (Å²) < 4.78 is 6.02. The normalized spacial score (nSPS) is 15.6. The largest absolute Gasteiger partial charge is 0.478 e. The Hall–Kier alpha value is -2.33. The molecule has 0 spiro atoms. The summed E-state index contributed by atoms with van der Waals surface area (Å²) in [5, 5.41) is 15.3. The second kappa shape index (κ2) is 7.73. The molecule has 0 radical (unpaired) electrons. The van der Waals surface area contributed by atoms with Crippen molar-refractivity contribution in [2.45, 2.75) is 45.4 Å². The van der Waals surface area contributed by atoms with Crippen LogP contribution in [0.4, 0.5) is 0 Å². The number of hydrogen-bond donors (Lipinski definition) is 2. The summed E-state index contributed by atoms with van der Waals surface area (Å²) in [7, 11) is 0. The zero-order valence-electron chi connectivity index (χ0n) is 15.9. The number of benzene rings is 2. The van der Waals surface area contributed by atoms with E-state index < -0.39 is 5.97 Å². The monoisotopic (exact) mass is 365 g/mol. The van der Waals surface area contributed by atoms with Gasteiger partial charge in [0.05, 0.1) is 0 Å². The minimum absolute atomic E-state index is 0.297. The van der Waals surface area contributed by atoms with Crippen molar-refractivity contribution < 1.29 is 14.3 Å². The molecule has 1 fully saturated rings. The molecular formula is C23H27NO3. The third-order valence-corrected chi connectivity index (χ3v) is 5.83. The molecule has 2 N–H and O–H groups in total. The number of carboxylic acids is 1. The predicted molar refractivity (Wildman–Crippen MR) is 109 cm³/mol. The number of hydrogen-bond acceptors (Lipinski definition) is 3. The number of aryl methyl sites for hydroxylation is 1. The summed E-state index contributed by atoms with van der Waals surface area (Å²) >= 11 is 0. The number of furan rings is 1. The van der Waals surface area contributed by atoms with Gasteiger partial charge in [0.1, 0.15) is 16.7 Å². The van der Waals surface area contributed by atoms with E-state index in [2.05, 4.69) is 18.3 Å². The topological polar surface area (TPSA) is 62.5 Å². The molecule has 1 aliphatic heterocycles. The molecule has 1 saturated heterocycles. The molecule has 1 aliphatic rings. The van der Waals surface area contributed by atoms with E-state index in [1.165, 1.54) is 11.1 Å². The highest BCUT2D eigenvalue weighted by atomic mass is 16.4. The maximum atomic E-state index is 12.0. The van der Waals surface area contributed by atoms with Crippen LogP contribution in [0.15, 0.2) is 34.7 Å². The highest BCUT2D eigenvalue weighted by molar-refractivity contribution is 6.13. The Bertz CT molecular complexity index is 967. The van der Waals surface area contributed by atoms with Gasteiger partial charge in [-0.05, 0) is 74.4 Å². The van der Waals surface area contributed by atoms with Gasteiger partial charge in [-0.25, -0.2) is 4.79 Å². The molecule has 3 aromatic rings. The molecular weight excluding hydrogens is 338 g/mol. The molecule has 0 aliphatic carbocycles. The molecule has 2 heterocycles. The van der Waals surface area contributed by atoms with Gasteiger partial charge in [-0.2, -0.15) is 0 Å². The zero-order chi connectivity index (χ0) is 18.8. The van der Waals surface area contributed by atoms with Crippen LogP contribution in [0.25, 0.3) is 21.9 Å². The van der Waals surface area contributed by atoms with Gasteiger partial charge < -0.3 is 14.8 Å². The Morgan fingerprint density at radius 2 is 2.04 bits per heavy atom. The molecule has 0 amide bonds. The van der Waals surface area contributed by atoms with Crippen LogP contribution in [0.3, 0.4) is 0 Å². The summed E-state index contributed by atoms with van der Waals surface area (Å²) in [6.07, 6.45) is 6.44. The number of rotatable bonds is 6. The second-order valence-corrected chi connectivity index (χ2v) is 7.67. The standard InChI is InChI=1S/C23H27NO3/c1-2-3-6-17-16(13-15-9-11-24-12-10-15)14-19(23(25)26)22-21(17)18-7-4-5-8-20(18)27-22/h4-5,7-8,14-15,24H,2-3,6,9-13H2,1H3,(H,25,26). The average Bonchev–Trinajstić information content (AvgIpc) is 3.07. The Morgan fingerprint density at radius 1 is 1.26 bits per heavy atom. The molecule has 1 aromatic heterocycles. The van der Waals surface area contributed by atoms with Gasteiger partial charge in [0, 0.05) is 10.8 Å². The van der Waals surface area contributed by atoms with Gasteiger partial charge in [-0.15, -0.1) is 0 Å². The van der Waals surface area contributed by atoms with E-state index in [1.807, 2.05) is 24.3 Å². The Labute approximate surface area is 159 Å². The van der Waals surface area contributed by atoms with Crippen molar-refractivity contribution in [3.63, 3.8) is 0 Å². The summed E-state index contributed by atoms with van der Waals surface area (Å²) in [5.74, 6) is -0.295. The fourth-order valence-corrected chi connectivity index (χ4v) is 4.40. The van der Waals surface area contributed by atoms with Crippen molar-refractivity contribution in [2.75, 3.05) is 13.1 Å². The van der Waals surface area contributed by atoms with E-state index in [4.69, 9.17) is 4.42 Å². The summed E-state index contributed by atoms with van der Waals surface area (Å²) in [6, 6.07) is 9.81. The van der Waals surface area contributed by atoms with Crippen LogP contribution in [0.1, 0.15) is 54.1 Å². The minimum atomic E-state index is -0.910. The lowest BCUT2D eigenvalue weighted by Crippen LogP contribution is -2.28. The Balaban J connectivity index is 1.93. The van der Waals surface area contributed by atoms with Crippen LogP contribution in [0.2, 0.25) is 0 Å². The van der Waals surface area contributed by atoms with Gasteiger partial charge in [-0.1, -0.05) is 31.5 Å². The molecule has 0 atom stereocenters. The highest BCUT2D eigenvalue weighted by Crippen LogP contribution is 2.37. The summed E-state index contributed by atoms with van der Waals surface area (Å²) in [4.78, 5) is 12.0. The van der Waals surface area contributed by atoms with Crippen LogP contribution in [0, 0.1) is 5.92 Å². The summed E-state index contributed by atoms with van der Waals surface area (Å²) in [6.45, 7) is 4.30. The lowest BCUT2D eigenvalue weighted by Gasteiger charge is -2.24. The number of unbranched alkanes of at least 4 members (excludes halogenated alkanes) is 1. The quantitative estimate of drug-likeness (QED) is 0.633. The molecule has 4 nitrogen and oxygen atoms in total. The number of nitrogens with one attached hydrogen (secondary N) is 1. The van der Waals surface area contributed by atoms with Crippen molar-refractivity contribution in [3.05, 3.63) is 47.0 Å². The van der Waals surface area contributed by atoms with E-state index in [9.17, 15) is 9.90 Å². The molecule has 142 valence electrons. The van der Waals surface area contributed by atoms with Gasteiger partial charge >= 0.3 is 5.97 Å². The first-order chi connectivity index (χ1) is 13.2. The number of piperidine rings is 1. The van der Waals surface area contributed by atoms with Crippen LogP contribution in [0.5, 0.6) is 0 Å². The van der Waals surface area contributed by atoms with Crippen LogP contribution < -0.4 is 5.32 Å². The van der Waals surface area contributed by atoms with Gasteiger partial charge in [0.15, 0.2) is 0 Å². The zero-order valence-corrected chi connectivity index (χ0v) is 15.9. The molecule has 4 rings (SSSR count). The smallest absolute Gasteiger partial charge is 0.339 e. The fraction of sp³-hybridized carbons (Fsp3) is 0.435. The fourth-order valence-electron chi connectivity index (χ4n) is 4.40. The number of carbonyl (C=O) groups is 1. The molecule has 2 aromatic carbocycles. The van der Waals surface area contributed by atoms with Crippen molar-refractivity contribution in [1.29, 1.82) is 0 Å².